The summed E-state index contributed by atoms with van der Waals surface area (Å²) < 4.78 is 10.1. The summed E-state index contributed by atoms with van der Waals surface area (Å²) in [5, 5.41) is 31.2. The molecular weight excluding hydrogens is 284 g/mol. The van der Waals surface area contributed by atoms with E-state index in [-0.39, 0.29) is 17.4 Å². The van der Waals surface area contributed by atoms with Crippen LogP contribution in [-0.2, 0) is 9.53 Å². The van der Waals surface area contributed by atoms with E-state index in [1.807, 2.05) is 0 Å². The number of ether oxygens (including phenoxy) is 2. The van der Waals surface area contributed by atoms with Crippen LogP contribution < -0.4 is 15.8 Å². The van der Waals surface area contributed by atoms with Gasteiger partial charge in [0, 0.05) is 6.92 Å². The van der Waals surface area contributed by atoms with Gasteiger partial charge in [-0.2, -0.15) is 0 Å². The molecule has 1 saturated heterocycles. The number of hydrogen-bond donors (Lipinski definition) is 5. The second kappa shape index (κ2) is 6.18. The molecule has 0 unspecified atom stereocenters. The molecule has 116 valence electrons. The van der Waals surface area contributed by atoms with Crippen LogP contribution in [0.1, 0.15) is 6.92 Å². The van der Waals surface area contributed by atoms with E-state index in [9.17, 15) is 15.0 Å². The van der Waals surface area contributed by atoms with Crippen molar-refractivity contribution < 1.29 is 29.6 Å². The summed E-state index contributed by atoms with van der Waals surface area (Å²) in [6.45, 7) is 0.724. The van der Waals surface area contributed by atoms with Crippen LogP contribution in [0.4, 0.5) is 11.6 Å². The Morgan fingerprint density at radius 1 is 1.48 bits per heavy atom. The molecule has 1 aromatic heterocycles. The first kappa shape index (κ1) is 15.4. The number of nitrogens with two attached hydrogens (primary N) is 1. The van der Waals surface area contributed by atoms with Gasteiger partial charge in [-0.05, 0) is 0 Å². The van der Waals surface area contributed by atoms with E-state index in [4.69, 9.17) is 20.3 Å². The molecule has 10 heteroatoms. The van der Waals surface area contributed by atoms with Gasteiger partial charge in [-0.15, -0.1) is 0 Å². The second-order valence-electron chi connectivity index (χ2n) is 4.43. The molecule has 6 N–H and O–H groups in total. The van der Waals surface area contributed by atoms with Crippen molar-refractivity contribution >= 4 is 17.6 Å². The monoisotopic (exact) mass is 300 g/mol. The van der Waals surface area contributed by atoms with Crippen LogP contribution in [0.5, 0.6) is 5.75 Å². The summed E-state index contributed by atoms with van der Waals surface area (Å²) in [4.78, 5) is 18.6. The number of nitrogen functional groups attached to an aromatic ring is 1. The Kier molecular flexibility index (Phi) is 4.53. The van der Waals surface area contributed by atoms with Gasteiger partial charge in [-0.25, -0.2) is 9.97 Å². The molecule has 0 bridgehead atoms. The lowest BCUT2D eigenvalue weighted by Crippen LogP contribution is -2.36. The maximum absolute atomic E-state index is 11.1. The minimum atomic E-state index is -1.30. The van der Waals surface area contributed by atoms with Crippen LogP contribution in [0.25, 0.3) is 0 Å². The number of aromatic nitrogens is 2. The first-order valence-corrected chi connectivity index (χ1v) is 6.12. The first-order valence-electron chi connectivity index (χ1n) is 6.12. The molecule has 10 nitrogen and oxygen atoms in total. The molecule has 0 saturated carbocycles. The van der Waals surface area contributed by atoms with Crippen molar-refractivity contribution in [3.8, 4) is 5.75 Å². The minimum Gasteiger partial charge on any atom is -0.419 e. The van der Waals surface area contributed by atoms with E-state index in [1.165, 1.54) is 6.92 Å². The second-order valence-corrected chi connectivity index (χ2v) is 4.43. The molecule has 1 aliphatic rings. The number of aliphatic hydroxyl groups excluding tert-OH is 3. The van der Waals surface area contributed by atoms with Crippen molar-refractivity contribution in [3.05, 3.63) is 6.33 Å². The van der Waals surface area contributed by atoms with E-state index in [2.05, 4.69) is 15.3 Å². The van der Waals surface area contributed by atoms with E-state index < -0.39 is 37.1 Å². The number of carbonyl (C=O) groups excluding carboxylic acids is 1. The Labute approximate surface area is 119 Å². The molecule has 1 aliphatic heterocycles. The van der Waals surface area contributed by atoms with Gasteiger partial charge >= 0.3 is 5.97 Å². The summed E-state index contributed by atoms with van der Waals surface area (Å²) in [6, 6.07) is 0. The van der Waals surface area contributed by atoms with Crippen LogP contribution in [0.2, 0.25) is 0 Å². The summed E-state index contributed by atoms with van der Waals surface area (Å²) in [5.74, 6) is -0.787. The predicted octanol–water partition coefficient (Wildman–Crippen LogP) is -2.16. The van der Waals surface area contributed by atoms with Crippen molar-refractivity contribution in [1.29, 1.82) is 0 Å². The highest BCUT2D eigenvalue weighted by atomic mass is 16.6. The largest absolute Gasteiger partial charge is 0.419 e. The number of carbonyl (C=O) groups is 1. The van der Waals surface area contributed by atoms with Gasteiger partial charge in [-0.1, -0.05) is 0 Å². The SMILES string of the molecule is CC(=O)Oc1c(N)ncnc1N[C@@H]1O[C@H](CO)[C@@H](O)[C@H]1O. The first-order chi connectivity index (χ1) is 9.93. The summed E-state index contributed by atoms with van der Waals surface area (Å²) in [6.07, 6.45) is -3.42. The maximum Gasteiger partial charge on any atom is 0.308 e. The van der Waals surface area contributed by atoms with E-state index >= 15 is 0 Å². The molecule has 0 aliphatic carbocycles. The number of nitrogens with zero attached hydrogens (tertiary/aromatic N) is 2. The van der Waals surface area contributed by atoms with Crippen LogP contribution in [0.15, 0.2) is 6.33 Å². The third kappa shape index (κ3) is 3.19. The number of anilines is 2. The summed E-state index contributed by atoms with van der Waals surface area (Å²) in [7, 11) is 0. The molecule has 0 aromatic carbocycles. The van der Waals surface area contributed by atoms with Gasteiger partial charge in [0.05, 0.1) is 6.61 Å². The third-order valence-electron chi connectivity index (χ3n) is 2.90. The van der Waals surface area contributed by atoms with Crippen LogP contribution >= 0.6 is 0 Å². The molecule has 21 heavy (non-hydrogen) atoms. The molecule has 4 atom stereocenters. The maximum atomic E-state index is 11.1. The highest BCUT2D eigenvalue weighted by Crippen LogP contribution is 2.30. The normalized spacial score (nSPS) is 28.4. The third-order valence-corrected chi connectivity index (χ3v) is 2.90. The average Bonchev–Trinajstić information content (AvgIpc) is 2.70. The zero-order chi connectivity index (χ0) is 15.6. The summed E-state index contributed by atoms with van der Waals surface area (Å²) in [5.41, 5.74) is 5.60. The number of esters is 1. The van der Waals surface area contributed by atoms with Gasteiger partial charge in [0.25, 0.3) is 0 Å². The van der Waals surface area contributed by atoms with Crippen molar-refractivity contribution in [3.63, 3.8) is 0 Å². The van der Waals surface area contributed by atoms with Gasteiger partial charge in [0.15, 0.2) is 17.9 Å². The van der Waals surface area contributed by atoms with Crippen molar-refractivity contribution in [2.75, 3.05) is 17.7 Å². The van der Waals surface area contributed by atoms with Crippen LogP contribution in [0.3, 0.4) is 0 Å². The smallest absolute Gasteiger partial charge is 0.308 e. The zero-order valence-corrected chi connectivity index (χ0v) is 11.1. The van der Waals surface area contributed by atoms with E-state index in [1.54, 1.807) is 0 Å². The Bertz CT molecular complexity index is 527. The molecule has 2 rings (SSSR count). The minimum absolute atomic E-state index is 0.0209. The fourth-order valence-corrected chi connectivity index (χ4v) is 1.89. The van der Waals surface area contributed by atoms with E-state index in [0.717, 1.165) is 6.33 Å². The molecule has 2 heterocycles. The molecule has 0 amide bonds. The fourth-order valence-electron chi connectivity index (χ4n) is 1.89. The molecule has 0 radical (unpaired) electrons. The van der Waals surface area contributed by atoms with Crippen LogP contribution in [0, 0.1) is 0 Å². The molecular formula is C11H16N4O6. The highest BCUT2D eigenvalue weighted by Gasteiger charge is 2.42. The van der Waals surface area contributed by atoms with Gasteiger partial charge in [0.1, 0.15) is 24.6 Å². The number of hydrogen-bond acceptors (Lipinski definition) is 10. The predicted molar refractivity (Wildman–Crippen MR) is 69.1 cm³/mol. The molecule has 1 aromatic rings. The van der Waals surface area contributed by atoms with Crippen molar-refractivity contribution in [2.45, 2.75) is 31.5 Å². The highest BCUT2D eigenvalue weighted by molar-refractivity contribution is 5.75. The number of nitrogens with one attached hydrogen (secondary N) is 1. The van der Waals surface area contributed by atoms with Gasteiger partial charge in [0.2, 0.25) is 5.75 Å². The average molecular weight is 300 g/mol. The van der Waals surface area contributed by atoms with Gasteiger partial charge in [-0.3, -0.25) is 4.79 Å². The van der Waals surface area contributed by atoms with Crippen LogP contribution in [-0.4, -0.2) is 62.4 Å². The van der Waals surface area contributed by atoms with Crippen molar-refractivity contribution in [1.82, 2.24) is 9.97 Å². The van der Waals surface area contributed by atoms with Crippen molar-refractivity contribution in [2.24, 2.45) is 0 Å². The topological polar surface area (TPSA) is 160 Å². The lowest BCUT2D eigenvalue weighted by Gasteiger charge is -2.18. The Morgan fingerprint density at radius 3 is 2.76 bits per heavy atom. The lowest BCUT2D eigenvalue weighted by molar-refractivity contribution is -0.131. The molecule has 1 fully saturated rings. The molecule has 0 spiro atoms. The Hall–Kier alpha value is -2.01. The van der Waals surface area contributed by atoms with Gasteiger partial charge < -0.3 is 35.8 Å². The zero-order valence-electron chi connectivity index (χ0n) is 11.1. The fraction of sp³-hybridized carbons (Fsp3) is 0.545. The Morgan fingerprint density at radius 2 is 2.19 bits per heavy atom. The summed E-state index contributed by atoms with van der Waals surface area (Å²) >= 11 is 0. The number of aliphatic hydroxyl groups is 3. The lowest BCUT2D eigenvalue weighted by atomic mass is 10.1. The quantitative estimate of drug-likeness (QED) is 0.387. The number of rotatable bonds is 4. The van der Waals surface area contributed by atoms with E-state index in [0.29, 0.717) is 0 Å². The Balaban J connectivity index is 2.20. The standard InChI is InChI=1S/C11H16N4O6/c1-4(17)20-8-9(12)13-3-14-10(8)15-11-7(19)6(18)5(2-16)21-11/h3,5-7,11,16,18-19H,2H2,1H3,(H3,12,13,14,15)/t5-,6-,7-,11-/m1/s1.